The summed E-state index contributed by atoms with van der Waals surface area (Å²) in [6, 6.07) is 15.2. The molecule has 0 bridgehead atoms. The molecule has 3 aromatic rings. The molecule has 0 radical (unpaired) electrons. The summed E-state index contributed by atoms with van der Waals surface area (Å²) in [7, 11) is 3.11. The Hall–Kier alpha value is -3.60. The fraction of sp³-hybridized carbons (Fsp3) is 0.429. The van der Waals surface area contributed by atoms with Crippen LogP contribution in [0.5, 0.6) is 17.2 Å². The van der Waals surface area contributed by atoms with Crippen LogP contribution in [0.3, 0.4) is 0 Å². The second kappa shape index (κ2) is 13.3. The highest BCUT2D eigenvalue weighted by Crippen LogP contribution is 2.29. The van der Waals surface area contributed by atoms with Gasteiger partial charge in [0.1, 0.15) is 31.2 Å². The minimum absolute atomic E-state index is 0.0326. The molecule has 1 N–H and O–H groups in total. The average Bonchev–Trinajstić information content (AvgIpc) is 3.38. The van der Waals surface area contributed by atoms with E-state index in [-0.39, 0.29) is 25.7 Å². The average molecular weight is 525 g/mol. The number of aromatic nitrogens is 2. The molecule has 2 aromatic carbocycles. The molecule has 1 aromatic heterocycles. The first-order valence-electron chi connectivity index (χ1n) is 12.6. The van der Waals surface area contributed by atoms with E-state index in [0.717, 1.165) is 5.56 Å². The number of aliphatic hydroxyl groups is 1. The molecule has 4 rings (SSSR count). The molecule has 1 saturated heterocycles. The zero-order valence-electron chi connectivity index (χ0n) is 22.0. The number of nitrogens with zero attached hydrogens (tertiary/aromatic N) is 4. The number of methoxy groups -OCH3 is 2. The van der Waals surface area contributed by atoms with Gasteiger partial charge >= 0.3 is 0 Å². The molecular weight excluding hydrogens is 488 g/mol. The summed E-state index contributed by atoms with van der Waals surface area (Å²) in [5.41, 5.74) is -0.261. The highest BCUT2D eigenvalue weighted by molar-refractivity contribution is 5.77. The lowest BCUT2D eigenvalue weighted by molar-refractivity contribution is -0.138. The minimum Gasteiger partial charge on any atom is -0.493 e. The molecule has 38 heavy (non-hydrogen) atoms. The van der Waals surface area contributed by atoms with Crippen molar-refractivity contribution in [2.75, 3.05) is 60.2 Å². The molecule has 2 heterocycles. The first-order chi connectivity index (χ1) is 18.5. The van der Waals surface area contributed by atoms with Gasteiger partial charge in [-0.1, -0.05) is 24.3 Å². The Bertz CT molecular complexity index is 1140. The Kier molecular flexibility index (Phi) is 9.58. The minimum atomic E-state index is -1.27. The number of carbonyl (C=O) groups is 1. The number of hydrogen-bond acceptors (Lipinski definition) is 8. The van der Waals surface area contributed by atoms with Crippen molar-refractivity contribution in [2.45, 2.75) is 18.7 Å². The quantitative estimate of drug-likeness (QED) is 0.385. The summed E-state index contributed by atoms with van der Waals surface area (Å²) in [5.74, 6) is 1.81. The Morgan fingerprint density at radius 3 is 2.63 bits per heavy atom. The normalized spacial score (nSPS) is 18.1. The number of benzene rings is 2. The van der Waals surface area contributed by atoms with Gasteiger partial charge in [-0.15, -0.1) is 0 Å². The van der Waals surface area contributed by atoms with Crippen molar-refractivity contribution in [3.8, 4) is 17.2 Å². The van der Waals surface area contributed by atoms with Crippen LogP contribution in [0, 0.1) is 0 Å². The van der Waals surface area contributed by atoms with E-state index in [1.165, 1.54) is 7.11 Å². The summed E-state index contributed by atoms with van der Waals surface area (Å²) in [5, 5.41) is 11.6. The van der Waals surface area contributed by atoms with E-state index in [0.29, 0.717) is 56.6 Å². The van der Waals surface area contributed by atoms with Gasteiger partial charge in [0.15, 0.2) is 11.5 Å². The number of hydrogen-bond donors (Lipinski definition) is 1. The van der Waals surface area contributed by atoms with Crippen LogP contribution >= 0.6 is 0 Å². The van der Waals surface area contributed by atoms with Gasteiger partial charge in [-0.05, 0) is 29.8 Å². The zero-order chi connectivity index (χ0) is 26.8. The van der Waals surface area contributed by atoms with Crippen LogP contribution < -0.4 is 14.2 Å². The van der Waals surface area contributed by atoms with E-state index in [1.807, 2.05) is 59.3 Å². The summed E-state index contributed by atoms with van der Waals surface area (Å²) in [6.07, 6.45) is 5.38. The Morgan fingerprint density at radius 2 is 1.89 bits per heavy atom. The van der Waals surface area contributed by atoms with E-state index < -0.39 is 5.60 Å². The van der Waals surface area contributed by atoms with E-state index in [9.17, 15) is 9.90 Å². The van der Waals surface area contributed by atoms with Gasteiger partial charge in [0, 0.05) is 45.7 Å². The molecule has 10 heteroatoms. The summed E-state index contributed by atoms with van der Waals surface area (Å²) in [6.45, 7) is 3.31. The molecule has 0 spiro atoms. The molecular formula is C28H36N4O6. The van der Waals surface area contributed by atoms with Crippen LogP contribution in [0.25, 0.3) is 0 Å². The number of ether oxygens (including phenoxy) is 4. The number of rotatable bonds is 12. The maximum atomic E-state index is 12.7. The predicted octanol–water partition coefficient (Wildman–Crippen LogP) is 2.07. The molecule has 1 aliphatic heterocycles. The fourth-order valence-corrected chi connectivity index (χ4v) is 4.50. The summed E-state index contributed by atoms with van der Waals surface area (Å²) < 4.78 is 24.5. The van der Waals surface area contributed by atoms with Gasteiger partial charge in [-0.25, -0.2) is 4.98 Å². The van der Waals surface area contributed by atoms with Crippen molar-refractivity contribution in [1.29, 1.82) is 0 Å². The van der Waals surface area contributed by atoms with Crippen LogP contribution in [0.4, 0.5) is 0 Å². The van der Waals surface area contributed by atoms with Crippen LogP contribution in [0.1, 0.15) is 5.56 Å². The van der Waals surface area contributed by atoms with Crippen molar-refractivity contribution in [3.63, 3.8) is 0 Å². The Labute approximate surface area is 223 Å². The van der Waals surface area contributed by atoms with E-state index in [4.69, 9.17) is 18.9 Å². The molecule has 0 aliphatic carbocycles. The van der Waals surface area contributed by atoms with Crippen LogP contribution in [0.15, 0.2) is 67.3 Å². The molecule has 10 nitrogen and oxygen atoms in total. The molecule has 204 valence electrons. The second-order valence-electron chi connectivity index (χ2n) is 9.42. The first-order valence-corrected chi connectivity index (χ1v) is 12.6. The van der Waals surface area contributed by atoms with Crippen molar-refractivity contribution in [1.82, 2.24) is 19.4 Å². The van der Waals surface area contributed by atoms with Gasteiger partial charge < -0.3 is 33.5 Å². The highest BCUT2D eigenvalue weighted by Gasteiger charge is 2.37. The monoisotopic (exact) mass is 524 g/mol. The van der Waals surface area contributed by atoms with E-state index in [2.05, 4.69) is 9.88 Å². The van der Waals surface area contributed by atoms with E-state index >= 15 is 0 Å². The van der Waals surface area contributed by atoms with Crippen molar-refractivity contribution < 1.29 is 28.8 Å². The lowest BCUT2D eigenvalue weighted by Crippen LogP contribution is -2.52. The maximum Gasteiger partial charge on any atom is 0.248 e. The molecule has 1 amide bonds. The Morgan fingerprint density at radius 1 is 1.05 bits per heavy atom. The topological polar surface area (TPSA) is 98.5 Å². The summed E-state index contributed by atoms with van der Waals surface area (Å²) >= 11 is 0. The van der Waals surface area contributed by atoms with Gasteiger partial charge in [-0.2, -0.15) is 0 Å². The Balaban J connectivity index is 1.43. The standard InChI is InChI=1S/C28H36N4O6/c1-35-18-27(33)32-13-12-31(19-28(34,20-32)21-38-24-6-4-3-5-7-24)17-23-8-9-25(26(16-23)36-2)37-15-14-30-11-10-29-22-30/h3-11,16,22,34H,12-15,17-21H2,1-2H3. The third-order valence-electron chi connectivity index (χ3n) is 6.36. The van der Waals surface area contributed by atoms with Crippen molar-refractivity contribution in [2.24, 2.45) is 0 Å². The van der Waals surface area contributed by atoms with Crippen molar-refractivity contribution >= 4 is 5.91 Å². The molecule has 1 unspecified atom stereocenters. The maximum absolute atomic E-state index is 12.7. The number of para-hydroxylation sites is 1. The first kappa shape index (κ1) is 27.4. The smallest absolute Gasteiger partial charge is 0.248 e. The lowest BCUT2D eigenvalue weighted by atomic mass is 10.0. The molecule has 1 fully saturated rings. The number of imidazole rings is 1. The third kappa shape index (κ3) is 7.70. The van der Waals surface area contributed by atoms with Crippen LogP contribution in [-0.2, 0) is 22.6 Å². The second-order valence-corrected chi connectivity index (χ2v) is 9.42. The van der Waals surface area contributed by atoms with E-state index in [1.54, 1.807) is 24.5 Å². The third-order valence-corrected chi connectivity index (χ3v) is 6.36. The van der Waals surface area contributed by atoms with Gasteiger partial charge in [0.2, 0.25) is 5.91 Å². The molecule has 1 aliphatic rings. The largest absolute Gasteiger partial charge is 0.493 e. The van der Waals surface area contributed by atoms with Crippen LogP contribution in [-0.4, -0.2) is 96.2 Å². The lowest BCUT2D eigenvalue weighted by Gasteiger charge is -2.33. The van der Waals surface area contributed by atoms with Gasteiger partial charge in [0.05, 0.1) is 26.5 Å². The number of amides is 1. The highest BCUT2D eigenvalue weighted by atomic mass is 16.5. The predicted molar refractivity (Wildman–Crippen MR) is 141 cm³/mol. The van der Waals surface area contributed by atoms with Crippen LogP contribution in [0.2, 0.25) is 0 Å². The number of β-amino-alcohol motifs (C(OH)–C–C–N with tert-alkyl or cyclic N) is 1. The fourth-order valence-electron chi connectivity index (χ4n) is 4.50. The molecule has 0 saturated carbocycles. The molecule has 1 atom stereocenters. The summed E-state index contributed by atoms with van der Waals surface area (Å²) in [4.78, 5) is 20.5. The zero-order valence-corrected chi connectivity index (χ0v) is 22.0. The van der Waals surface area contributed by atoms with Crippen molar-refractivity contribution in [3.05, 3.63) is 72.8 Å². The SMILES string of the molecule is COCC(=O)N1CCN(Cc2ccc(OCCn3ccnc3)c(OC)c2)CC(O)(COc2ccccc2)C1. The number of carbonyl (C=O) groups excluding carboxylic acids is 1. The van der Waals surface area contributed by atoms with Gasteiger partial charge in [0.25, 0.3) is 0 Å². The van der Waals surface area contributed by atoms with Gasteiger partial charge in [-0.3, -0.25) is 9.69 Å².